The van der Waals surface area contributed by atoms with Crippen LogP contribution in [0.2, 0.25) is 0 Å². The molecular weight excluding hydrogens is 162 g/mol. The third-order valence-corrected chi connectivity index (χ3v) is 1.37. The number of benzene rings is 1. The van der Waals surface area contributed by atoms with Gasteiger partial charge < -0.3 is 10.1 Å². The predicted molar refractivity (Wildman–Crippen MR) is 56.9 cm³/mol. The van der Waals surface area contributed by atoms with Crippen LogP contribution in [0.3, 0.4) is 0 Å². The summed E-state index contributed by atoms with van der Waals surface area (Å²) in [6.07, 6.45) is 0. The molecule has 2 nitrogen and oxygen atoms in total. The molecule has 0 spiro atoms. The van der Waals surface area contributed by atoms with E-state index in [2.05, 4.69) is 5.32 Å². The highest BCUT2D eigenvalue weighted by molar-refractivity contribution is 4.99. The highest BCUT2D eigenvalue weighted by Gasteiger charge is 1.77. The molecule has 1 aromatic rings. The zero-order valence-electron chi connectivity index (χ0n) is 8.49. The molecule has 13 heavy (non-hydrogen) atoms. The van der Waals surface area contributed by atoms with Crippen LogP contribution in [0.15, 0.2) is 36.4 Å². The van der Waals surface area contributed by atoms with E-state index in [9.17, 15) is 0 Å². The summed E-state index contributed by atoms with van der Waals surface area (Å²) in [7, 11) is 1.92. The molecule has 2 heteroatoms. The predicted octanol–water partition coefficient (Wildman–Crippen LogP) is 1.93. The molecule has 0 radical (unpaired) electrons. The smallest absolute Gasteiger partial charge is 0.0590 e. The Hall–Kier alpha value is -0.860. The van der Waals surface area contributed by atoms with Crippen molar-refractivity contribution in [2.45, 2.75) is 6.92 Å². The highest BCUT2D eigenvalue weighted by Crippen LogP contribution is 1.79. The van der Waals surface area contributed by atoms with E-state index in [1.807, 2.05) is 50.4 Å². The molecule has 74 valence electrons. The summed E-state index contributed by atoms with van der Waals surface area (Å²) in [4.78, 5) is 0. The van der Waals surface area contributed by atoms with Gasteiger partial charge in [0.1, 0.15) is 0 Å². The van der Waals surface area contributed by atoms with Crippen molar-refractivity contribution in [3.05, 3.63) is 36.4 Å². The first kappa shape index (κ1) is 12.1. The third kappa shape index (κ3) is 11.1. The summed E-state index contributed by atoms with van der Waals surface area (Å²) in [5, 5.41) is 2.98. The van der Waals surface area contributed by atoms with E-state index in [4.69, 9.17) is 4.74 Å². The van der Waals surface area contributed by atoms with Crippen LogP contribution in [0.5, 0.6) is 0 Å². The summed E-state index contributed by atoms with van der Waals surface area (Å²) in [5.41, 5.74) is 0. The van der Waals surface area contributed by atoms with Gasteiger partial charge in [0.05, 0.1) is 6.61 Å². The molecule has 0 heterocycles. The van der Waals surface area contributed by atoms with Gasteiger partial charge in [0.25, 0.3) is 0 Å². The molecule has 1 rings (SSSR count). The molecule has 0 amide bonds. The minimum atomic E-state index is 0.821. The van der Waals surface area contributed by atoms with E-state index < -0.39 is 0 Å². The minimum Gasteiger partial charge on any atom is -0.380 e. The van der Waals surface area contributed by atoms with Crippen LogP contribution >= 0.6 is 0 Å². The van der Waals surface area contributed by atoms with Gasteiger partial charge in [-0.15, -0.1) is 0 Å². The Morgan fingerprint density at radius 3 is 1.77 bits per heavy atom. The number of ether oxygens (including phenoxy) is 1. The van der Waals surface area contributed by atoms with Crippen molar-refractivity contribution in [1.29, 1.82) is 0 Å². The molecule has 1 N–H and O–H groups in total. The number of rotatable bonds is 4. The highest BCUT2D eigenvalue weighted by atomic mass is 16.5. The summed E-state index contributed by atoms with van der Waals surface area (Å²) in [6.45, 7) is 4.60. The Labute approximate surface area is 80.9 Å². The number of hydrogen-bond donors (Lipinski definition) is 1. The van der Waals surface area contributed by atoms with Gasteiger partial charge in [0, 0.05) is 13.2 Å². The topological polar surface area (TPSA) is 21.3 Å². The second-order valence-corrected chi connectivity index (χ2v) is 2.46. The normalized spacial score (nSPS) is 8.77. The van der Waals surface area contributed by atoms with Gasteiger partial charge >= 0.3 is 0 Å². The lowest BCUT2D eigenvalue weighted by Crippen LogP contribution is -2.13. The van der Waals surface area contributed by atoms with Gasteiger partial charge in [-0.05, 0) is 14.0 Å². The van der Waals surface area contributed by atoms with Crippen molar-refractivity contribution >= 4 is 0 Å². The van der Waals surface area contributed by atoms with Crippen LogP contribution < -0.4 is 5.32 Å². The Kier molecular flexibility index (Phi) is 10.4. The summed E-state index contributed by atoms with van der Waals surface area (Å²) < 4.78 is 5.01. The van der Waals surface area contributed by atoms with Crippen LogP contribution in [0, 0.1) is 0 Å². The zero-order valence-corrected chi connectivity index (χ0v) is 8.49. The van der Waals surface area contributed by atoms with Crippen molar-refractivity contribution < 1.29 is 4.74 Å². The third-order valence-electron chi connectivity index (χ3n) is 1.37. The Balaban J connectivity index is 0.000000223. The molecule has 0 aliphatic rings. The average Bonchev–Trinajstić information content (AvgIpc) is 2.22. The summed E-state index contributed by atoms with van der Waals surface area (Å²) in [6, 6.07) is 12.0. The van der Waals surface area contributed by atoms with Gasteiger partial charge in [-0.1, -0.05) is 36.4 Å². The van der Waals surface area contributed by atoms with E-state index in [1.165, 1.54) is 0 Å². The Morgan fingerprint density at radius 2 is 1.46 bits per heavy atom. The van der Waals surface area contributed by atoms with Crippen molar-refractivity contribution in [2.24, 2.45) is 0 Å². The average molecular weight is 181 g/mol. The van der Waals surface area contributed by atoms with Crippen molar-refractivity contribution in [3.63, 3.8) is 0 Å². The molecule has 0 saturated carbocycles. The molecule has 0 aliphatic carbocycles. The lowest BCUT2D eigenvalue weighted by atomic mass is 10.4. The van der Waals surface area contributed by atoms with E-state index >= 15 is 0 Å². The number of nitrogens with one attached hydrogen (secondary N) is 1. The fraction of sp³-hybridized carbons (Fsp3) is 0.455. The SMILES string of the molecule is CCOCCNC.c1ccccc1. The molecule has 0 atom stereocenters. The van der Waals surface area contributed by atoms with Gasteiger partial charge in [-0.2, -0.15) is 0 Å². The molecular formula is C11H19NO. The van der Waals surface area contributed by atoms with Crippen LogP contribution in [0.25, 0.3) is 0 Å². The number of hydrogen-bond acceptors (Lipinski definition) is 2. The van der Waals surface area contributed by atoms with E-state index in [1.54, 1.807) is 0 Å². The standard InChI is InChI=1S/C6H6.C5H13NO/c1-2-4-6-5-3-1;1-3-7-5-4-6-2/h1-6H;6H,3-5H2,1-2H3. The van der Waals surface area contributed by atoms with Crippen molar-refractivity contribution in [1.82, 2.24) is 5.32 Å². The summed E-state index contributed by atoms with van der Waals surface area (Å²) in [5.74, 6) is 0. The van der Waals surface area contributed by atoms with Gasteiger partial charge in [0.2, 0.25) is 0 Å². The zero-order chi connectivity index (χ0) is 9.78. The maximum atomic E-state index is 5.01. The van der Waals surface area contributed by atoms with Crippen LogP contribution in [-0.4, -0.2) is 26.8 Å². The maximum absolute atomic E-state index is 5.01. The number of likely N-dealkylation sites (N-methyl/N-ethyl adjacent to an activating group) is 1. The van der Waals surface area contributed by atoms with E-state index in [0.717, 1.165) is 19.8 Å². The Bertz CT molecular complexity index is 134. The molecule has 1 aromatic carbocycles. The van der Waals surface area contributed by atoms with E-state index in [0.29, 0.717) is 0 Å². The fourth-order valence-corrected chi connectivity index (χ4v) is 0.703. The first-order valence-electron chi connectivity index (χ1n) is 4.64. The summed E-state index contributed by atoms with van der Waals surface area (Å²) >= 11 is 0. The fourth-order valence-electron chi connectivity index (χ4n) is 0.703. The quantitative estimate of drug-likeness (QED) is 0.717. The Morgan fingerprint density at radius 1 is 1.00 bits per heavy atom. The second-order valence-electron chi connectivity index (χ2n) is 2.46. The van der Waals surface area contributed by atoms with Gasteiger partial charge in [-0.25, -0.2) is 0 Å². The molecule has 0 fully saturated rings. The molecule has 0 unspecified atom stereocenters. The first-order chi connectivity index (χ1) is 6.41. The minimum absolute atomic E-state index is 0.821. The lowest BCUT2D eigenvalue weighted by molar-refractivity contribution is 0.151. The maximum Gasteiger partial charge on any atom is 0.0590 e. The van der Waals surface area contributed by atoms with Crippen LogP contribution in [0.1, 0.15) is 6.92 Å². The molecule has 0 aromatic heterocycles. The van der Waals surface area contributed by atoms with Crippen molar-refractivity contribution in [3.8, 4) is 0 Å². The molecule has 0 saturated heterocycles. The van der Waals surface area contributed by atoms with E-state index in [-0.39, 0.29) is 0 Å². The first-order valence-corrected chi connectivity index (χ1v) is 4.64. The van der Waals surface area contributed by atoms with Crippen molar-refractivity contribution in [2.75, 3.05) is 26.8 Å². The monoisotopic (exact) mass is 181 g/mol. The second kappa shape index (κ2) is 11.1. The molecule has 0 aliphatic heterocycles. The van der Waals surface area contributed by atoms with Crippen LogP contribution in [0.4, 0.5) is 0 Å². The van der Waals surface area contributed by atoms with Gasteiger partial charge in [0.15, 0.2) is 0 Å². The van der Waals surface area contributed by atoms with Gasteiger partial charge in [-0.3, -0.25) is 0 Å². The van der Waals surface area contributed by atoms with Crippen LogP contribution in [-0.2, 0) is 4.74 Å². The largest absolute Gasteiger partial charge is 0.380 e. The lowest BCUT2D eigenvalue weighted by Gasteiger charge is -1.96. The molecule has 0 bridgehead atoms.